The minimum absolute atomic E-state index is 0.0196. The van der Waals surface area contributed by atoms with E-state index in [9.17, 15) is 19.2 Å². The van der Waals surface area contributed by atoms with Crippen LogP contribution in [0, 0.1) is 29.6 Å². The Morgan fingerprint density at radius 1 is 0.897 bits per heavy atom. The summed E-state index contributed by atoms with van der Waals surface area (Å²) >= 11 is 0. The molecule has 0 spiro atoms. The third-order valence-corrected chi connectivity index (χ3v) is 6.02. The first-order chi connectivity index (χ1) is 13.7. The molecular weight excluding hydrogens is 372 g/mol. The normalized spacial score (nSPS) is 28.0. The Morgan fingerprint density at radius 2 is 1.38 bits per heavy atom. The van der Waals surface area contributed by atoms with Gasteiger partial charge in [-0.15, -0.1) is 0 Å². The van der Waals surface area contributed by atoms with E-state index in [2.05, 4.69) is 0 Å². The maximum Gasteiger partial charge on any atom is 0.306 e. The van der Waals surface area contributed by atoms with Gasteiger partial charge in [0.2, 0.25) is 0 Å². The van der Waals surface area contributed by atoms with Gasteiger partial charge in [-0.2, -0.15) is 0 Å². The number of carbonyl (C=O) groups is 4. The fourth-order valence-corrected chi connectivity index (χ4v) is 4.35. The van der Waals surface area contributed by atoms with Crippen molar-refractivity contribution in [3.05, 3.63) is 24.3 Å². The average molecular weight is 407 g/mol. The van der Waals surface area contributed by atoms with Crippen molar-refractivity contribution < 1.29 is 29.4 Å². The van der Waals surface area contributed by atoms with Gasteiger partial charge < -0.3 is 10.2 Å². The monoisotopic (exact) mass is 406 g/mol. The Morgan fingerprint density at radius 3 is 1.90 bits per heavy atom. The number of carboxylic acids is 2. The Labute approximate surface area is 173 Å². The summed E-state index contributed by atoms with van der Waals surface area (Å²) in [6, 6.07) is 0. The Hall–Kier alpha value is -2.24. The van der Waals surface area contributed by atoms with Crippen LogP contribution in [-0.4, -0.2) is 33.7 Å². The van der Waals surface area contributed by atoms with Gasteiger partial charge in [0.15, 0.2) is 0 Å². The fraction of sp³-hybridized carbons (Fsp3) is 0.652. The molecule has 2 aliphatic rings. The van der Waals surface area contributed by atoms with E-state index in [4.69, 9.17) is 10.2 Å². The zero-order valence-corrected chi connectivity index (χ0v) is 17.7. The van der Waals surface area contributed by atoms with E-state index in [1.54, 1.807) is 6.92 Å². The average Bonchev–Trinajstić information content (AvgIpc) is 3.19. The van der Waals surface area contributed by atoms with Gasteiger partial charge in [-0.3, -0.25) is 19.2 Å². The maximum atomic E-state index is 11.3. The van der Waals surface area contributed by atoms with Crippen molar-refractivity contribution in [3.63, 3.8) is 0 Å². The van der Waals surface area contributed by atoms with Gasteiger partial charge in [0.1, 0.15) is 11.6 Å². The third kappa shape index (κ3) is 8.34. The van der Waals surface area contributed by atoms with Gasteiger partial charge in [-0.05, 0) is 50.4 Å². The van der Waals surface area contributed by atoms with Gasteiger partial charge in [-0.1, -0.05) is 31.2 Å². The van der Waals surface area contributed by atoms with Crippen LogP contribution >= 0.6 is 0 Å². The second-order valence-corrected chi connectivity index (χ2v) is 8.17. The van der Waals surface area contributed by atoms with Crippen molar-refractivity contribution in [1.29, 1.82) is 0 Å². The number of aliphatic carboxylic acids is 2. The number of carbonyl (C=O) groups excluding carboxylic acids is 2. The Balaban J connectivity index is 0.000000291. The maximum absolute atomic E-state index is 11.3. The molecule has 0 radical (unpaired) electrons. The molecule has 5 unspecified atom stereocenters. The van der Waals surface area contributed by atoms with E-state index in [-0.39, 0.29) is 41.7 Å². The Kier molecular flexibility index (Phi) is 10.6. The predicted octanol–water partition coefficient (Wildman–Crippen LogP) is 4.29. The molecular formula is C23H34O6. The SMILES string of the molecule is C/C=C\CC1CC(=O)CC1C(C)C(=O)O.C/C=C\CC1CC(=O)CC1CC(=O)O. The first-order valence-corrected chi connectivity index (χ1v) is 10.4. The van der Waals surface area contributed by atoms with E-state index >= 15 is 0 Å². The van der Waals surface area contributed by atoms with Gasteiger partial charge >= 0.3 is 11.9 Å². The second kappa shape index (κ2) is 12.3. The number of carboxylic acid groups (broad SMARTS) is 2. The van der Waals surface area contributed by atoms with Crippen LogP contribution in [0.1, 0.15) is 65.7 Å². The van der Waals surface area contributed by atoms with Gasteiger partial charge in [0, 0.05) is 32.1 Å². The largest absolute Gasteiger partial charge is 0.481 e. The predicted molar refractivity (Wildman–Crippen MR) is 110 cm³/mol. The van der Waals surface area contributed by atoms with Crippen LogP contribution in [0.4, 0.5) is 0 Å². The van der Waals surface area contributed by atoms with Crippen LogP contribution in [0.3, 0.4) is 0 Å². The van der Waals surface area contributed by atoms with Gasteiger partial charge in [-0.25, -0.2) is 0 Å². The zero-order chi connectivity index (χ0) is 22.0. The molecule has 0 heterocycles. The molecule has 29 heavy (non-hydrogen) atoms. The molecule has 2 rings (SSSR count). The van der Waals surface area contributed by atoms with Crippen molar-refractivity contribution >= 4 is 23.5 Å². The number of hydrogen-bond donors (Lipinski definition) is 2. The molecule has 6 heteroatoms. The van der Waals surface area contributed by atoms with Crippen molar-refractivity contribution in [1.82, 2.24) is 0 Å². The third-order valence-electron chi connectivity index (χ3n) is 6.02. The van der Waals surface area contributed by atoms with Crippen molar-refractivity contribution in [2.75, 3.05) is 0 Å². The van der Waals surface area contributed by atoms with Crippen LogP contribution in [0.15, 0.2) is 24.3 Å². The molecule has 5 atom stereocenters. The summed E-state index contributed by atoms with van der Waals surface area (Å²) in [5.41, 5.74) is 0. The summed E-state index contributed by atoms with van der Waals surface area (Å²) < 4.78 is 0. The number of rotatable bonds is 8. The molecule has 0 bridgehead atoms. The topological polar surface area (TPSA) is 109 Å². The summed E-state index contributed by atoms with van der Waals surface area (Å²) in [4.78, 5) is 44.0. The lowest BCUT2D eigenvalue weighted by molar-refractivity contribution is -0.143. The molecule has 2 N–H and O–H groups in total. The highest BCUT2D eigenvalue weighted by molar-refractivity contribution is 5.83. The Bertz CT molecular complexity index is 648. The van der Waals surface area contributed by atoms with E-state index < -0.39 is 17.9 Å². The molecule has 2 saturated carbocycles. The van der Waals surface area contributed by atoms with Gasteiger partial charge in [0.05, 0.1) is 5.92 Å². The lowest BCUT2D eigenvalue weighted by atomic mass is 9.83. The molecule has 0 aromatic rings. The molecule has 162 valence electrons. The lowest BCUT2D eigenvalue weighted by Crippen LogP contribution is -2.23. The van der Waals surface area contributed by atoms with Crippen LogP contribution in [0.2, 0.25) is 0 Å². The minimum atomic E-state index is -0.796. The standard InChI is InChI=1S/C12H18O3.C11H16O3/c1-3-4-5-9-6-10(13)7-11(9)8(2)12(14)15;1-2-3-4-8-5-10(12)6-9(8)7-11(13)14/h3-4,8-9,11H,5-7H2,1-2H3,(H,14,15);2-3,8-9H,4-7H2,1H3,(H,13,14)/b4-3-;3-2-. The van der Waals surface area contributed by atoms with E-state index in [1.165, 1.54) is 0 Å². The van der Waals surface area contributed by atoms with Crippen LogP contribution in [-0.2, 0) is 19.2 Å². The molecule has 0 aromatic carbocycles. The van der Waals surface area contributed by atoms with Crippen molar-refractivity contribution in [2.24, 2.45) is 29.6 Å². The summed E-state index contributed by atoms with van der Waals surface area (Å²) in [6.07, 6.45) is 11.7. The lowest BCUT2D eigenvalue weighted by Gasteiger charge is -2.20. The number of Topliss-reactive ketones (excluding diaryl/α,β-unsaturated/α-hetero) is 2. The summed E-state index contributed by atoms with van der Waals surface area (Å²) in [7, 11) is 0. The summed E-state index contributed by atoms with van der Waals surface area (Å²) in [5.74, 6) is -1.03. The van der Waals surface area contributed by atoms with Crippen LogP contribution in [0.25, 0.3) is 0 Å². The number of ketones is 2. The van der Waals surface area contributed by atoms with E-state index in [1.807, 2.05) is 38.2 Å². The molecule has 2 fully saturated rings. The van der Waals surface area contributed by atoms with Crippen molar-refractivity contribution in [3.8, 4) is 0 Å². The molecule has 6 nitrogen and oxygen atoms in total. The minimum Gasteiger partial charge on any atom is -0.481 e. The highest BCUT2D eigenvalue weighted by Gasteiger charge is 2.38. The molecule has 0 amide bonds. The highest BCUT2D eigenvalue weighted by atomic mass is 16.4. The second-order valence-electron chi connectivity index (χ2n) is 8.17. The number of allylic oxidation sites excluding steroid dienone is 4. The first kappa shape index (κ1) is 24.8. The first-order valence-electron chi connectivity index (χ1n) is 10.4. The smallest absolute Gasteiger partial charge is 0.306 e. The van der Waals surface area contributed by atoms with Gasteiger partial charge in [0.25, 0.3) is 0 Å². The molecule has 0 saturated heterocycles. The van der Waals surface area contributed by atoms with E-state index in [0.29, 0.717) is 25.7 Å². The molecule has 0 aromatic heterocycles. The molecule has 0 aliphatic heterocycles. The van der Waals surface area contributed by atoms with E-state index in [0.717, 1.165) is 12.8 Å². The highest BCUT2D eigenvalue weighted by Crippen LogP contribution is 2.37. The zero-order valence-electron chi connectivity index (χ0n) is 17.7. The van der Waals surface area contributed by atoms with Crippen molar-refractivity contribution in [2.45, 2.75) is 65.7 Å². The van der Waals surface area contributed by atoms with Crippen LogP contribution in [0.5, 0.6) is 0 Å². The number of hydrogen-bond acceptors (Lipinski definition) is 4. The fourth-order valence-electron chi connectivity index (χ4n) is 4.35. The quantitative estimate of drug-likeness (QED) is 0.582. The molecule has 2 aliphatic carbocycles. The van der Waals surface area contributed by atoms with Crippen LogP contribution < -0.4 is 0 Å². The summed E-state index contributed by atoms with van der Waals surface area (Å²) in [6.45, 7) is 5.57. The summed E-state index contributed by atoms with van der Waals surface area (Å²) in [5, 5.41) is 17.6.